The van der Waals surface area contributed by atoms with Gasteiger partial charge in [0, 0.05) is 5.56 Å². The number of nitrogen functional groups attached to an aromatic ring is 2. The number of unbranched alkanes of at least 4 members (excludes halogenated alkanes) is 1. The van der Waals surface area contributed by atoms with Crippen LogP contribution in [0.5, 0.6) is 5.75 Å². The van der Waals surface area contributed by atoms with E-state index in [1.807, 2.05) is 36.5 Å². The van der Waals surface area contributed by atoms with E-state index < -0.39 is 6.04 Å². The molecule has 9 heteroatoms. The molecule has 0 amide bonds. The van der Waals surface area contributed by atoms with Gasteiger partial charge in [0.1, 0.15) is 35.1 Å². The van der Waals surface area contributed by atoms with Crippen molar-refractivity contribution in [1.82, 2.24) is 10.3 Å². The number of aromatic nitrogens is 1. The Bertz CT molecular complexity index is 1000. The maximum Gasteiger partial charge on any atom is 0.211 e. The van der Waals surface area contributed by atoms with Crippen molar-refractivity contribution in [2.24, 2.45) is 4.99 Å². The smallest absolute Gasteiger partial charge is 0.211 e. The van der Waals surface area contributed by atoms with Crippen molar-refractivity contribution in [3.05, 3.63) is 41.0 Å². The summed E-state index contributed by atoms with van der Waals surface area (Å²) in [5.74, 6) is 1.29. The summed E-state index contributed by atoms with van der Waals surface area (Å²) in [5.41, 5.74) is 13.7. The van der Waals surface area contributed by atoms with Gasteiger partial charge < -0.3 is 21.5 Å². The second-order valence-corrected chi connectivity index (χ2v) is 6.18. The first-order valence-electron chi connectivity index (χ1n) is 8.80. The maximum absolute atomic E-state index is 9.38. The molecule has 2 aromatic rings. The summed E-state index contributed by atoms with van der Waals surface area (Å²) in [4.78, 5) is 8.77. The number of nitrogens with one attached hydrogen (secondary N) is 2. The molecule has 0 bridgehead atoms. The molecule has 1 aliphatic heterocycles. The van der Waals surface area contributed by atoms with Crippen molar-refractivity contribution in [2.75, 3.05) is 23.4 Å². The van der Waals surface area contributed by atoms with Crippen molar-refractivity contribution < 1.29 is 4.74 Å². The topological polar surface area (TPSA) is 158 Å². The van der Waals surface area contributed by atoms with Gasteiger partial charge in [-0.1, -0.05) is 25.5 Å². The molecule has 1 atom stereocenters. The van der Waals surface area contributed by atoms with Crippen LogP contribution in [0.15, 0.2) is 29.3 Å². The number of benzene rings is 1. The third kappa shape index (κ3) is 3.60. The highest BCUT2D eigenvalue weighted by molar-refractivity contribution is 5.98. The van der Waals surface area contributed by atoms with Crippen molar-refractivity contribution in [3.8, 4) is 18.0 Å². The highest BCUT2D eigenvalue weighted by Crippen LogP contribution is 2.41. The normalized spacial score (nSPS) is 14.7. The van der Waals surface area contributed by atoms with Crippen LogP contribution in [0.3, 0.4) is 0 Å². The van der Waals surface area contributed by atoms with Gasteiger partial charge in [0.2, 0.25) is 5.96 Å². The lowest BCUT2D eigenvalue weighted by atomic mass is 9.95. The summed E-state index contributed by atoms with van der Waals surface area (Å²) in [6.07, 6.45) is 3.82. The number of nitriles is 2. The molecule has 2 heterocycles. The summed E-state index contributed by atoms with van der Waals surface area (Å²) in [6, 6.07) is 8.87. The van der Waals surface area contributed by atoms with E-state index in [0.717, 1.165) is 18.4 Å². The van der Waals surface area contributed by atoms with Gasteiger partial charge in [0.15, 0.2) is 6.19 Å². The Morgan fingerprint density at radius 2 is 2.14 bits per heavy atom. The second-order valence-electron chi connectivity index (χ2n) is 6.18. The monoisotopic (exact) mass is 376 g/mol. The molecule has 0 radical (unpaired) electrons. The van der Waals surface area contributed by atoms with E-state index in [9.17, 15) is 5.26 Å². The van der Waals surface area contributed by atoms with E-state index >= 15 is 0 Å². The van der Waals surface area contributed by atoms with Crippen molar-refractivity contribution in [2.45, 2.75) is 25.8 Å². The Labute approximate surface area is 162 Å². The number of hydrogen-bond donors (Lipinski definition) is 4. The van der Waals surface area contributed by atoms with Gasteiger partial charge in [-0.25, -0.2) is 9.98 Å². The molecular formula is C19H20N8O. The standard InChI is InChI=1S/C19H20N8O/c1-2-3-7-28-12-6-4-5-11(8-12)16-14-15(22)13(9-20)17(23)26-18(14)27-19(25-16)24-10-21/h4-6,8,16H,2-3,7H2,1H3,(H6,22,23,24,25,26,27). The highest BCUT2D eigenvalue weighted by Gasteiger charge is 2.29. The van der Waals surface area contributed by atoms with Gasteiger partial charge in [0.25, 0.3) is 0 Å². The minimum Gasteiger partial charge on any atom is -0.494 e. The summed E-state index contributed by atoms with van der Waals surface area (Å²) >= 11 is 0. The van der Waals surface area contributed by atoms with Crippen LogP contribution >= 0.6 is 0 Å². The third-order valence-corrected chi connectivity index (χ3v) is 4.30. The number of ether oxygens (including phenoxy) is 1. The molecule has 1 aromatic carbocycles. The summed E-state index contributed by atoms with van der Waals surface area (Å²) in [5, 5.41) is 23.7. The molecule has 3 rings (SSSR count). The van der Waals surface area contributed by atoms with E-state index in [2.05, 4.69) is 27.5 Å². The van der Waals surface area contributed by atoms with Crippen LogP contribution in [0.25, 0.3) is 0 Å². The molecule has 1 aromatic heterocycles. The number of guanidine groups is 1. The molecule has 0 aliphatic carbocycles. The summed E-state index contributed by atoms with van der Waals surface area (Å²) in [7, 11) is 0. The highest BCUT2D eigenvalue weighted by atomic mass is 16.5. The molecule has 142 valence electrons. The fourth-order valence-corrected chi connectivity index (χ4v) is 2.93. The molecule has 0 saturated carbocycles. The Hall–Kier alpha value is -3.98. The number of nitrogens with two attached hydrogens (primary N) is 2. The fraction of sp³-hybridized carbons (Fsp3) is 0.263. The van der Waals surface area contributed by atoms with Gasteiger partial charge in [-0.15, -0.1) is 0 Å². The van der Waals surface area contributed by atoms with E-state index in [1.165, 1.54) is 0 Å². The van der Waals surface area contributed by atoms with Crippen molar-refractivity contribution in [3.63, 3.8) is 0 Å². The minimum absolute atomic E-state index is 0.0138. The first-order valence-corrected chi connectivity index (χ1v) is 8.80. The fourth-order valence-electron chi connectivity index (χ4n) is 2.93. The number of fused-ring (bicyclic) bond motifs is 1. The van der Waals surface area contributed by atoms with Gasteiger partial charge in [-0.3, -0.25) is 5.32 Å². The van der Waals surface area contributed by atoms with Gasteiger partial charge in [0.05, 0.1) is 12.3 Å². The van der Waals surface area contributed by atoms with E-state index in [0.29, 0.717) is 23.7 Å². The van der Waals surface area contributed by atoms with Crippen LogP contribution in [0.1, 0.15) is 42.5 Å². The largest absolute Gasteiger partial charge is 0.494 e. The molecule has 0 fully saturated rings. The lowest BCUT2D eigenvalue weighted by molar-refractivity contribution is 0.309. The number of rotatable bonds is 5. The van der Waals surface area contributed by atoms with Crippen molar-refractivity contribution in [1.29, 1.82) is 10.5 Å². The summed E-state index contributed by atoms with van der Waals surface area (Å²) < 4.78 is 5.78. The van der Waals surface area contributed by atoms with E-state index in [1.54, 1.807) is 0 Å². The zero-order valence-electron chi connectivity index (χ0n) is 15.4. The Kier molecular flexibility index (Phi) is 5.47. The zero-order chi connectivity index (χ0) is 20.1. The van der Waals surface area contributed by atoms with Crippen molar-refractivity contribution >= 4 is 23.3 Å². The maximum atomic E-state index is 9.38. The van der Waals surface area contributed by atoms with E-state index in [-0.39, 0.29) is 23.0 Å². The molecule has 1 aliphatic rings. The quantitative estimate of drug-likeness (QED) is 0.351. The van der Waals surface area contributed by atoms with Crippen LogP contribution in [-0.4, -0.2) is 17.6 Å². The molecule has 0 saturated heterocycles. The molecular weight excluding hydrogens is 356 g/mol. The first-order chi connectivity index (χ1) is 13.6. The first kappa shape index (κ1) is 18.8. The average molecular weight is 376 g/mol. The van der Waals surface area contributed by atoms with Crippen LogP contribution in [0.4, 0.5) is 17.3 Å². The number of aliphatic imine (C=N–C) groups is 1. The van der Waals surface area contributed by atoms with Gasteiger partial charge in [-0.2, -0.15) is 10.5 Å². The number of pyridine rings is 1. The third-order valence-electron chi connectivity index (χ3n) is 4.30. The number of nitrogens with zero attached hydrogens (tertiary/aromatic N) is 4. The molecule has 28 heavy (non-hydrogen) atoms. The van der Waals surface area contributed by atoms with Gasteiger partial charge in [-0.05, 0) is 24.1 Å². The average Bonchev–Trinajstić information content (AvgIpc) is 2.68. The zero-order valence-corrected chi connectivity index (χ0v) is 15.4. The van der Waals surface area contributed by atoms with Crippen LogP contribution in [0, 0.1) is 22.8 Å². The molecule has 0 spiro atoms. The van der Waals surface area contributed by atoms with Gasteiger partial charge >= 0.3 is 0 Å². The van der Waals surface area contributed by atoms with Crippen LogP contribution in [0.2, 0.25) is 0 Å². The Morgan fingerprint density at radius 3 is 2.86 bits per heavy atom. The Balaban J connectivity index is 2.09. The van der Waals surface area contributed by atoms with Crippen LogP contribution < -0.4 is 26.8 Å². The van der Waals surface area contributed by atoms with Crippen LogP contribution in [-0.2, 0) is 0 Å². The minimum atomic E-state index is -0.581. The number of hydrogen-bond acceptors (Lipinski definition) is 9. The lowest BCUT2D eigenvalue weighted by Crippen LogP contribution is -2.32. The molecule has 1 unspecified atom stereocenters. The molecule has 9 nitrogen and oxygen atoms in total. The Morgan fingerprint density at radius 1 is 1.32 bits per heavy atom. The lowest BCUT2D eigenvalue weighted by Gasteiger charge is -2.26. The summed E-state index contributed by atoms with van der Waals surface area (Å²) in [6.45, 7) is 2.71. The second kappa shape index (κ2) is 8.14. The van der Waals surface area contributed by atoms with E-state index in [4.69, 9.17) is 21.5 Å². The SMILES string of the molecule is CCCCOc1cccc(C2N=C(NC#N)Nc3nc(N)c(C#N)c(N)c32)c1. The predicted octanol–water partition coefficient (Wildman–Crippen LogP) is 2.24. The predicted molar refractivity (Wildman–Crippen MR) is 106 cm³/mol. The molecule has 6 N–H and O–H groups in total. The number of anilines is 3.